The molecule has 4 aromatic rings. The van der Waals surface area contributed by atoms with Crippen molar-refractivity contribution < 1.29 is 28.5 Å². The number of ketones is 1. The van der Waals surface area contributed by atoms with Crippen LogP contribution in [0.2, 0.25) is 0 Å². The van der Waals surface area contributed by atoms with Crippen molar-refractivity contribution in [2.75, 3.05) is 44.2 Å². The molecule has 12 nitrogen and oxygen atoms in total. The van der Waals surface area contributed by atoms with Crippen molar-refractivity contribution in [3.05, 3.63) is 72.2 Å². The molecule has 0 aliphatic carbocycles. The average Bonchev–Trinajstić information content (AvgIpc) is 3.47. The fourth-order valence-electron chi connectivity index (χ4n) is 6.24. The predicted molar refractivity (Wildman–Crippen MR) is 178 cm³/mol. The Labute approximate surface area is 275 Å². The number of carbonyl (C=O) groups excluding carboxylic acids is 2. The minimum absolute atomic E-state index is 0.0374. The molecule has 0 saturated carbocycles. The summed E-state index contributed by atoms with van der Waals surface area (Å²) >= 11 is 0. The number of nitrogens with zero attached hydrogens (tertiary/aromatic N) is 6. The number of rotatable bonds is 9. The van der Waals surface area contributed by atoms with Gasteiger partial charge in [-0.1, -0.05) is 12.1 Å². The number of hydrogen-bond acceptors (Lipinski definition) is 10. The van der Waals surface area contributed by atoms with Crippen LogP contribution in [0, 0.1) is 0 Å². The lowest BCUT2D eigenvalue weighted by molar-refractivity contribution is -1.02. The maximum atomic E-state index is 14.0. The number of quaternary nitrogens is 1. The van der Waals surface area contributed by atoms with E-state index < -0.39 is 11.6 Å². The molecule has 248 valence electrons. The minimum Gasteiger partial charge on any atom is -0.494 e. The van der Waals surface area contributed by atoms with E-state index in [-0.39, 0.29) is 16.5 Å². The summed E-state index contributed by atoms with van der Waals surface area (Å²) < 4.78 is 13.0. The summed E-state index contributed by atoms with van der Waals surface area (Å²) in [5.41, 5.74) is 1.67. The number of hydrogen-bond donors (Lipinski definition) is 1. The average molecular weight is 643 g/mol. The Bertz CT molecular complexity index is 1710. The van der Waals surface area contributed by atoms with Crippen molar-refractivity contribution in [1.82, 2.24) is 25.1 Å². The lowest BCUT2D eigenvalue weighted by atomic mass is 10.0. The van der Waals surface area contributed by atoms with Gasteiger partial charge in [0.1, 0.15) is 42.6 Å². The van der Waals surface area contributed by atoms with Crippen LogP contribution < -0.4 is 19.8 Å². The number of ether oxygens (including phenoxy) is 2. The Morgan fingerprint density at radius 3 is 2.55 bits per heavy atom. The number of likely N-dealkylation sites (tertiary alicyclic amines) is 1. The van der Waals surface area contributed by atoms with Gasteiger partial charge in [-0.15, -0.1) is 0 Å². The standard InChI is InChI=1S/C35H44N7O5/c1-5-45-28-11-9-10-25(20-28)23-41-33-29(21-39-41)32(37-24-38-33)40-17-16-36-22-30(40)31(43)26-12-14-27(15-13-26)47-42(18-7-6-8-19-42)34(44)46-35(2,3)4/h9-15,20-21,24,30,36H,5-8,16-19,22-23H2,1-4H3/q+1. The van der Waals surface area contributed by atoms with Gasteiger partial charge in [0, 0.05) is 38.0 Å². The van der Waals surface area contributed by atoms with Crippen molar-refractivity contribution in [1.29, 1.82) is 0 Å². The molecular weight excluding hydrogens is 598 g/mol. The number of amides is 1. The van der Waals surface area contributed by atoms with Crippen LogP contribution >= 0.6 is 0 Å². The first-order chi connectivity index (χ1) is 22.7. The van der Waals surface area contributed by atoms with Crippen LogP contribution in [0.3, 0.4) is 0 Å². The molecule has 0 bridgehead atoms. The molecule has 2 aliphatic rings. The van der Waals surface area contributed by atoms with Gasteiger partial charge in [0.05, 0.1) is 24.7 Å². The van der Waals surface area contributed by atoms with Gasteiger partial charge in [-0.25, -0.2) is 14.6 Å². The third kappa shape index (κ3) is 7.23. The predicted octanol–water partition coefficient (Wildman–Crippen LogP) is 5.16. The van der Waals surface area contributed by atoms with Crippen LogP contribution in [0.4, 0.5) is 10.6 Å². The van der Waals surface area contributed by atoms with E-state index in [1.54, 1.807) is 30.5 Å². The molecule has 2 aliphatic heterocycles. The summed E-state index contributed by atoms with van der Waals surface area (Å²) in [4.78, 5) is 44.8. The van der Waals surface area contributed by atoms with Gasteiger partial charge < -0.3 is 24.5 Å². The van der Waals surface area contributed by atoms with Gasteiger partial charge in [-0.2, -0.15) is 9.89 Å². The molecule has 0 spiro atoms. The number of fused-ring (bicyclic) bond motifs is 1. The van der Waals surface area contributed by atoms with E-state index in [1.165, 1.54) is 6.33 Å². The first kappa shape index (κ1) is 32.4. The highest BCUT2D eigenvalue weighted by atomic mass is 16.8. The van der Waals surface area contributed by atoms with E-state index in [2.05, 4.69) is 20.4 Å². The zero-order chi connectivity index (χ0) is 33.0. The van der Waals surface area contributed by atoms with Crippen molar-refractivity contribution in [3.8, 4) is 11.5 Å². The molecule has 0 radical (unpaired) electrons. The summed E-state index contributed by atoms with van der Waals surface area (Å²) in [6.07, 6.45) is 5.71. The lowest BCUT2D eigenvalue weighted by Gasteiger charge is -2.36. The quantitative estimate of drug-likeness (QED) is 0.194. The summed E-state index contributed by atoms with van der Waals surface area (Å²) in [6, 6.07) is 14.5. The second kappa shape index (κ2) is 13.7. The van der Waals surface area contributed by atoms with Crippen LogP contribution in [0.25, 0.3) is 11.0 Å². The number of hydroxylamine groups is 3. The van der Waals surface area contributed by atoms with Gasteiger partial charge in [0.2, 0.25) is 0 Å². The molecule has 6 rings (SSSR count). The fraction of sp³-hybridized carbons (Fsp3) is 0.457. The number of piperidine rings is 1. The molecule has 47 heavy (non-hydrogen) atoms. The van der Waals surface area contributed by atoms with E-state index in [0.29, 0.717) is 68.7 Å². The molecule has 2 saturated heterocycles. The highest BCUT2D eigenvalue weighted by molar-refractivity contribution is 6.03. The summed E-state index contributed by atoms with van der Waals surface area (Å²) in [5, 5.41) is 8.80. The Hall–Kier alpha value is -4.55. The zero-order valence-corrected chi connectivity index (χ0v) is 27.6. The number of Topliss-reactive ketones (excluding diaryl/α,β-unsaturated/α-hetero) is 1. The van der Waals surface area contributed by atoms with Gasteiger partial charge in [-0.3, -0.25) is 4.79 Å². The third-order valence-corrected chi connectivity index (χ3v) is 8.46. The number of aromatic nitrogens is 4. The SMILES string of the molecule is CCOc1cccc(Cn2ncc3c(N4CCNCC4C(=O)c4ccc(O[N+]5(C(=O)OC(C)(C)C)CCCCC5)cc4)ncnc32)c1. The van der Waals surface area contributed by atoms with E-state index >= 15 is 0 Å². The first-order valence-corrected chi connectivity index (χ1v) is 16.5. The van der Waals surface area contributed by atoms with E-state index in [0.717, 1.165) is 36.0 Å². The fourth-order valence-corrected chi connectivity index (χ4v) is 6.24. The van der Waals surface area contributed by atoms with Crippen LogP contribution in [-0.2, 0) is 11.3 Å². The van der Waals surface area contributed by atoms with E-state index in [4.69, 9.17) is 14.3 Å². The Morgan fingerprint density at radius 1 is 1.02 bits per heavy atom. The van der Waals surface area contributed by atoms with Gasteiger partial charge in [0.15, 0.2) is 17.2 Å². The molecule has 2 aromatic heterocycles. The highest BCUT2D eigenvalue weighted by Gasteiger charge is 2.46. The van der Waals surface area contributed by atoms with E-state index in [1.807, 2.05) is 61.5 Å². The second-order valence-corrected chi connectivity index (χ2v) is 13.1. The number of nitrogens with one attached hydrogen (secondary N) is 1. The summed E-state index contributed by atoms with van der Waals surface area (Å²) in [6.45, 7) is 11.5. The third-order valence-electron chi connectivity index (χ3n) is 8.46. The Balaban J connectivity index is 1.21. The molecular formula is C35H44N7O5+. The van der Waals surface area contributed by atoms with Gasteiger partial charge in [-0.05, 0) is 80.7 Å². The van der Waals surface area contributed by atoms with Gasteiger partial charge in [0.25, 0.3) is 0 Å². The summed E-state index contributed by atoms with van der Waals surface area (Å²) in [5.74, 6) is 1.97. The number of carbonyl (C=O) groups is 2. The summed E-state index contributed by atoms with van der Waals surface area (Å²) in [7, 11) is 0. The molecule has 12 heteroatoms. The maximum Gasteiger partial charge on any atom is 0.559 e. The smallest absolute Gasteiger partial charge is 0.494 e. The minimum atomic E-state index is -0.622. The van der Waals surface area contributed by atoms with Crippen LogP contribution in [0.1, 0.15) is 62.9 Å². The second-order valence-electron chi connectivity index (χ2n) is 13.1. The number of benzene rings is 2. The maximum absolute atomic E-state index is 14.0. The monoisotopic (exact) mass is 642 g/mol. The number of anilines is 1. The van der Waals surface area contributed by atoms with Crippen LogP contribution in [-0.4, -0.2) is 87.2 Å². The molecule has 1 amide bonds. The normalized spacial score (nSPS) is 18.1. The van der Waals surface area contributed by atoms with E-state index in [9.17, 15) is 9.59 Å². The van der Waals surface area contributed by atoms with Crippen molar-refractivity contribution >= 4 is 28.7 Å². The van der Waals surface area contributed by atoms with Crippen LogP contribution in [0.5, 0.6) is 11.5 Å². The first-order valence-electron chi connectivity index (χ1n) is 16.5. The lowest BCUT2D eigenvalue weighted by Crippen LogP contribution is -2.59. The van der Waals surface area contributed by atoms with Crippen LogP contribution in [0.15, 0.2) is 61.1 Å². The molecule has 2 aromatic carbocycles. The molecule has 2 fully saturated rings. The highest BCUT2D eigenvalue weighted by Crippen LogP contribution is 2.29. The molecule has 1 unspecified atom stereocenters. The molecule has 4 heterocycles. The van der Waals surface area contributed by atoms with Crippen molar-refractivity contribution in [3.63, 3.8) is 0 Å². The Morgan fingerprint density at radius 2 is 1.81 bits per heavy atom. The number of piperazine rings is 1. The largest absolute Gasteiger partial charge is 0.559 e. The zero-order valence-electron chi connectivity index (χ0n) is 27.6. The van der Waals surface area contributed by atoms with Gasteiger partial charge >= 0.3 is 6.09 Å². The van der Waals surface area contributed by atoms with Crippen molar-refractivity contribution in [2.45, 2.75) is 65.1 Å². The Kier molecular flexibility index (Phi) is 9.42. The topological polar surface area (TPSA) is 121 Å². The van der Waals surface area contributed by atoms with Crippen molar-refractivity contribution in [2.24, 2.45) is 0 Å². The molecule has 1 atom stereocenters. The molecule has 1 N–H and O–H groups in total.